The number of fused-ring (bicyclic) bond motifs is 9. The zero-order chi connectivity index (χ0) is 28.8. The molecule has 0 N–H and O–H groups in total. The molecular weight excluding hydrogens is 561 g/mol. The molecule has 0 amide bonds. The summed E-state index contributed by atoms with van der Waals surface area (Å²) in [6.07, 6.45) is 5.64. The second-order valence-electron chi connectivity index (χ2n) is 11.1. The van der Waals surface area contributed by atoms with E-state index in [1.807, 2.05) is 6.07 Å². The van der Waals surface area contributed by atoms with Crippen LogP contribution in [0.5, 0.6) is 0 Å². The fourth-order valence-electron chi connectivity index (χ4n) is 6.78. The molecule has 206 valence electrons. The molecule has 5 aromatic carbocycles. The van der Waals surface area contributed by atoms with Crippen LogP contribution in [0.3, 0.4) is 0 Å². The van der Waals surface area contributed by atoms with Gasteiger partial charge in [-0.3, -0.25) is 4.57 Å². The van der Waals surface area contributed by atoms with Crippen LogP contribution in [0, 0.1) is 0 Å². The zero-order valence-corrected chi connectivity index (χ0v) is 24.1. The number of para-hydroxylation sites is 2. The Morgan fingerprint density at radius 1 is 0.568 bits per heavy atom. The summed E-state index contributed by atoms with van der Waals surface area (Å²) in [7, 11) is 0. The van der Waals surface area contributed by atoms with Crippen molar-refractivity contribution in [2.24, 2.45) is 0 Å². The molecule has 0 fully saturated rings. The molecule has 0 atom stereocenters. The molecular formula is C38H22N4OS. The van der Waals surface area contributed by atoms with Crippen molar-refractivity contribution in [3.63, 3.8) is 0 Å². The average Bonchev–Trinajstić information content (AvgIpc) is 3.87. The fourth-order valence-corrected chi connectivity index (χ4v) is 8.00. The molecule has 0 saturated carbocycles. The highest BCUT2D eigenvalue weighted by Gasteiger charge is 2.22. The summed E-state index contributed by atoms with van der Waals surface area (Å²) in [6, 6.07) is 40.7. The third-order valence-electron chi connectivity index (χ3n) is 8.73. The Labute approximate surface area is 254 Å². The number of furan rings is 1. The summed E-state index contributed by atoms with van der Waals surface area (Å²) in [5.41, 5.74) is 7.15. The van der Waals surface area contributed by atoms with Gasteiger partial charge < -0.3 is 8.98 Å². The quantitative estimate of drug-likeness (QED) is 0.208. The van der Waals surface area contributed by atoms with Crippen molar-refractivity contribution in [1.29, 1.82) is 0 Å². The Bertz CT molecular complexity index is 2730. The molecule has 0 unspecified atom stereocenters. The summed E-state index contributed by atoms with van der Waals surface area (Å²) >= 11 is 1.80. The van der Waals surface area contributed by atoms with Gasteiger partial charge in [-0.05, 0) is 36.4 Å². The maximum Gasteiger partial charge on any atom is 0.235 e. The maximum atomic E-state index is 5.76. The summed E-state index contributed by atoms with van der Waals surface area (Å²) < 4.78 is 12.7. The van der Waals surface area contributed by atoms with Gasteiger partial charge in [0.1, 0.15) is 18.0 Å². The predicted octanol–water partition coefficient (Wildman–Crippen LogP) is 10.3. The summed E-state index contributed by atoms with van der Waals surface area (Å²) in [6.45, 7) is 0. The standard InChI is InChI=1S/C38H22N4OS/c1-2-9-23(10-3-1)41-20-19-28-32(41)18-17-26-24-11-4-6-15-33(24)42(36(26)28)38-39-31-22-43-21-30(31)35(40-38)29-14-8-13-27-25-12-5-7-16-34(25)44-37(27)29/h1-22H. The van der Waals surface area contributed by atoms with Gasteiger partial charge in [-0.15, -0.1) is 11.3 Å². The fraction of sp³-hybridized carbons (Fsp3) is 0. The Balaban J connectivity index is 1.31. The molecule has 0 bridgehead atoms. The SMILES string of the molecule is c1ccc(-n2ccc3c2ccc2c4ccccc4n(-c4nc(-c5cccc6c5sc5ccccc56)c5cocc5n4)c23)cc1. The van der Waals surface area contributed by atoms with Gasteiger partial charge in [0.15, 0.2) is 0 Å². The molecule has 5 aromatic heterocycles. The van der Waals surface area contributed by atoms with Crippen LogP contribution in [0.1, 0.15) is 0 Å². The van der Waals surface area contributed by atoms with Gasteiger partial charge in [0.2, 0.25) is 5.95 Å². The van der Waals surface area contributed by atoms with Crippen LogP contribution in [0.15, 0.2) is 138 Å². The Morgan fingerprint density at radius 3 is 2.32 bits per heavy atom. The monoisotopic (exact) mass is 582 g/mol. The highest BCUT2D eigenvalue weighted by atomic mass is 32.1. The van der Waals surface area contributed by atoms with Crippen LogP contribution in [0.25, 0.3) is 86.7 Å². The molecule has 0 aliphatic carbocycles. The van der Waals surface area contributed by atoms with E-state index in [-0.39, 0.29) is 0 Å². The number of hydrogen-bond acceptors (Lipinski definition) is 4. The van der Waals surface area contributed by atoms with Crippen LogP contribution >= 0.6 is 11.3 Å². The van der Waals surface area contributed by atoms with Crippen molar-refractivity contribution in [1.82, 2.24) is 19.1 Å². The predicted molar refractivity (Wildman–Crippen MR) is 181 cm³/mol. The molecule has 0 aliphatic rings. The third-order valence-corrected chi connectivity index (χ3v) is 9.95. The number of thiophene rings is 1. The molecule has 0 saturated heterocycles. The van der Waals surface area contributed by atoms with Gasteiger partial charge in [-0.1, -0.05) is 78.9 Å². The Kier molecular flexibility index (Phi) is 4.81. The van der Waals surface area contributed by atoms with Crippen molar-refractivity contribution in [3.05, 3.63) is 134 Å². The summed E-state index contributed by atoms with van der Waals surface area (Å²) in [5.74, 6) is 0.623. The van der Waals surface area contributed by atoms with E-state index in [2.05, 4.69) is 125 Å². The summed E-state index contributed by atoms with van der Waals surface area (Å²) in [5, 5.41) is 6.89. The molecule has 10 rings (SSSR count). The molecule has 10 aromatic rings. The van der Waals surface area contributed by atoms with Crippen LogP contribution in [0.4, 0.5) is 0 Å². The molecule has 6 heteroatoms. The number of benzene rings is 5. The Morgan fingerprint density at radius 2 is 1.39 bits per heavy atom. The highest BCUT2D eigenvalue weighted by Crippen LogP contribution is 2.42. The molecule has 0 spiro atoms. The minimum absolute atomic E-state index is 0.623. The van der Waals surface area contributed by atoms with E-state index in [4.69, 9.17) is 14.4 Å². The summed E-state index contributed by atoms with van der Waals surface area (Å²) in [4.78, 5) is 10.5. The normalized spacial score (nSPS) is 12.1. The maximum absolute atomic E-state index is 5.76. The number of aromatic nitrogens is 4. The average molecular weight is 583 g/mol. The Hall–Kier alpha value is -5.72. The van der Waals surface area contributed by atoms with E-state index in [0.717, 1.165) is 49.8 Å². The van der Waals surface area contributed by atoms with Crippen molar-refractivity contribution in [2.45, 2.75) is 0 Å². The largest absolute Gasteiger partial charge is 0.470 e. The smallest absolute Gasteiger partial charge is 0.235 e. The van der Waals surface area contributed by atoms with E-state index in [1.54, 1.807) is 23.9 Å². The lowest BCUT2D eigenvalue weighted by atomic mass is 10.1. The van der Waals surface area contributed by atoms with Crippen LogP contribution in [-0.2, 0) is 0 Å². The lowest BCUT2D eigenvalue weighted by molar-refractivity contribution is 0.572. The van der Waals surface area contributed by atoms with E-state index in [1.165, 1.54) is 30.9 Å². The zero-order valence-electron chi connectivity index (χ0n) is 23.3. The first kappa shape index (κ1) is 23.8. The van der Waals surface area contributed by atoms with Crippen molar-refractivity contribution < 1.29 is 4.42 Å². The first-order chi connectivity index (χ1) is 21.8. The molecule has 0 aliphatic heterocycles. The second-order valence-corrected chi connectivity index (χ2v) is 12.1. The van der Waals surface area contributed by atoms with Crippen LogP contribution in [0.2, 0.25) is 0 Å². The van der Waals surface area contributed by atoms with Gasteiger partial charge >= 0.3 is 0 Å². The number of rotatable bonds is 3. The van der Waals surface area contributed by atoms with Crippen molar-refractivity contribution >= 4 is 75.1 Å². The van der Waals surface area contributed by atoms with E-state index < -0.39 is 0 Å². The van der Waals surface area contributed by atoms with Crippen molar-refractivity contribution in [2.75, 3.05) is 0 Å². The topological polar surface area (TPSA) is 48.8 Å². The lowest BCUT2D eigenvalue weighted by Crippen LogP contribution is -2.03. The third kappa shape index (κ3) is 3.23. The van der Waals surface area contributed by atoms with E-state index >= 15 is 0 Å². The minimum atomic E-state index is 0.623. The van der Waals surface area contributed by atoms with Gasteiger partial charge in [-0.25, -0.2) is 9.97 Å². The van der Waals surface area contributed by atoms with Gasteiger partial charge in [0, 0.05) is 53.8 Å². The van der Waals surface area contributed by atoms with E-state index in [9.17, 15) is 0 Å². The van der Waals surface area contributed by atoms with Gasteiger partial charge in [0.05, 0.1) is 27.6 Å². The number of nitrogens with zero attached hydrogens (tertiary/aromatic N) is 4. The van der Waals surface area contributed by atoms with Crippen LogP contribution < -0.4 is 0 Å². The second kappa shape index (κ2) is 8.89. The lowest BCUT2D eigenvalue weighted by Gasteiger charge is -2.11. The van der Waals surface area contributed by atoms with E-state index in [0.29, 0.717) is 5.95 Å². The molecule has 0 radical (unpaired) electrons. The number of hydrogen-bond donors (Lipinski definition) is 0. The minimum Gasteiger partial charge on any atom is -0.470 e. The molecule has 5 nitrogen and oxygen atoms in total. The first-order valence-electron chi connectivity index (χ1n) is 14.6. The van der Waals surface area contributed by atoms with Gasteiger partial charge in [0.25, 0.3) is 0 Å². The highest BCUT2D eigenvalue weighted by molar-refractivity contribution is 7.26. The first-order valence-corrected chi connectivity index (χ1v) is 15.4. The molecule has 44 heavy (non-hydrogen) atoms. The van der Waals surface area contributed by atoms with Gasteiger partial charge in [-0.2, -0.15) is 0 Å². The molecule has 5 heterocycles. The van der Waals surface area contributed by atoms with Crippen LogP contribution in [-0.4, -0.2) is 19.1 Å². The van der Waals surface area contributed by atoms with Crippen molar-refractivity contribution in [3.8, 4) is 22.9 Å².